The molecule has 1 aliphatic heterocycles. The van der Waals surface area contributed by atoms with Gasteiger partial charge in [-0.05, 0) is 55.0 Å². The summed E-state index contributed by atoms with van der Waals surface area (Å²) in [6, 6.07) is 19.3. The highest BCUT2D eigenvalue weighted by Gasteiger charge is 2.19. The lowest BCUT2D eigenvalue weighted by molar-refractivity contribution is 0.457. The van der Waals surface area contributed by atoms with Crippen molar-refractivity contribution >= 4 is 45.1 Å². The van der Waals surface area contributed by atoms with Gasteiger partial charge in [-0.15, -0.1) is 12.4 Å². The fourth-order valence-electron chi connectivity index (χ4n) is 3.50. The fraction of sp³-hybridized carbons (Fsp3) is 0.0435. The Morgan fingerprint density at radius 1 is 0.969 bits per heavy atom. The molecular formula is C23H19ClN4O3S. The van der Waals surface area contributed by atoms with Gasteiger partial charge in [-0.1, -0.05) is 30.3 Å². The fourth-order valence-corrected chi connectivity index (χ4v) is 4.66. The van der Waals surface area contributed by atoms with Crippen LogP contribution in [0.4, 0.5) is 5.69 Å². The number of sulfonamides is 1. The van der Waals surface area contributed by atoms with E-state index in [1.54, 1.807) is 24.3 Å². The molecule has 0 spiro atoms. The van der Waals surface area contributed by atoms with Crippen LogP contribution in [0.25, 0.3) is 17.0 Å². The minimum Gasteiger partial charge on any atom is -0.494 e. The standard InChI is InChI=1S/C23H18N4O3S.ClH/c1-14-6-2-3-7-18(14)27-31(29,30)15-10-11-19-16(12-15)17(23(28)26-19)13-22-24-20-8-4-5-9-21(20)25-22;/h2-13,26-28H,1H3;1H. The van der Waals surface area contributed by atoms with E-state index in [9.17, 15) is 13.5 Å². The third-order valence-corrected chi connectivity index (χ3v) is 6.48. The maximum Gasteiger partial charge on any atom is 0.261 e. The van der Waals surface area contributed by atoms with Gasteiger partial charge in [-0.2, -0.15) is 0 Å². The zero-order valence-corrected chi connectivity index (χ0v) is 18.5. The molecule has 0 fully saturated rings. The predicted octanol–water partition coefficient (Wildman–Crippen LogP) is 3.66. The van der Waals surface area contributed by atoms with Crippen LogP contribution in [0.1, 0.15) is 11.1 Å². The van der Waals surface area contributed by atoms with E-state index < -0.39 is 10.0 Å². The molecule has 9 heteroatoms. The second-order valence-electron chi connectivity index (χ2n) is 7.23. The number of benzene rings is 3. The molecule has 1 aliphatic rings. The van der Waals surface area contributed by atoms with Gasteiger partial charge < -0.3 is 10.1 Å². The highest BCUT2D eigenvalue weighted by atomic mass is 35.5. The number of hydrogen-bond acceptors (Lipinski definition) is 5. The molecule has 4 aromatic rings. The van der Waals surface area contributed by atoms with Crippen molar-refractivity contribution in [3.05, 3.63) is 94.4 Å². The molecule has 3 aromatic carbocycles. The van der Waals surface area contributed by atoms with Crippen LogP contribution in [0.3, 0.4) is 0 Å². The Morgan fingerprint density at radius 2 is 1.62 bits per heavy atom. The van der Waals surface area contributed by atoms with Gasteiger partial charge in [0.25, 0.3) is 10.0 Å². The summed E-state index contributed by atoms with van der Waals surface area (Å²) in [5.74, 6) is 0.356. The SMILES string of the molecule is Cc1ccccc1NS(=O)(=O)c1ccc2[nH]c(O)c(C=C3N=c4ccccc4=N3)c2c1.Cl. The Hall–Kier alpha value is -3.62. The Kier molecular flexibility index (Phi) is 5.50. The van der Waals surface area contributed by atoms with Crippen molar-refractivity contribution in [3.63, 3.8) is 0 Å². The first kappa shape index (κ1) is 21.6. The van der Waals surface area contributed by atoms with E-state index in [4.69, 9.17) is 0 Å². The third kappa shape index (κ3) is 3.86. The van der Waals surface area contributed by atoms with Gasteiger partial charge >= 0.3 is 0 Å². The number of aryl methyl sites for hydroxylation is 1. The Bertz CT molecular complexity index is 1570. The lowest BCUT2D eigenvalue weighted by atomic mass is 10.1. The summed E-state index contributed by atoms with van der Waals surface area (Å²) >= 11 is 0. The second-order valence-corrected chi connectivity index (χ2v) is 8.91. The number of nitrogens with zero attached hydrogens (tertiary/aromatic N) is 2. The zero-order chi connectivity index (χ0) is 21.6. The second kappa shape index (κ2) is 8.14. The average molecular weight is 467 g/mol. The van der Waals surface area contributed by atoms with Gasteiger partial charge in [0.05, 0.1) is 21.3 Å². The molecule has 3 N–H and O–H groups in total. The van der Waals surface area contributed by atoms with E-state index in [0.29, 0.717) is 28.0 Å². The molecule has 0 saturated carbocycles. The maximum atomic E-state index is 13.0. The monoisotopic (exact) mass is 466 g/mol. The van der Waals surface area contributed by atoms with Crippen LogP contribution in [0.15, 0.2) is 87.4 Å². The van der Waals surface area contributed by atoms with Gasteiger partial charge in [0, 0.05) is 16.5 Å². The lowest BCUT2D eigenvalue weighted by Gasteiger charge is -2.10. The van der Waals surface area contributed by atoms with Crippen LogP contribution in [0, 0.1) is 6.92 Å². The van der Waals surface area contributed by atoms with Gasteiger partial charge in [-0.25, -0.2) is 18.4 Å². The van der Waals surface area contributed by atoms with E-state index in [0.717, 1.165) is 16.3 Å². The molecule has 0 unspecified atom stereocenters. The molecule has 5 rings (SSSR count). The number of anilines is 1. The number of H-pyrrole nitrogens is 1. The first-order valence-electron chi connectivity index (χ1n) is 9.58. The number of aromatic hydroxyl groups is 1. The summed E-state index contributed by atoms with van der Waals surface area (Å²) in [4.78, 5) is 11.9. The smallest absolute Gasteiger partial charge is 0.261 e. The summed E-state index contributed by atoms with van der Waals surface area (Å²) in [5, 5.41) is 12.5. The number of para-hydroxylation sites is 3. The summed E-state index contributed by atoms with van der Waals surface area (Å²) in [6.45, 7) is 1.84. The van der Waals surface area contributed by atoms with Gasteiger partial charge in [0.15, 0.2) is 11.7 Å². The number of halogens is 1. The van der Waals surface area contributed by atoms with Crippen molar-refractivity contribution in [2.45, 2.75) is 11.8 Å². The van der Waals surface area contributed by atoms with E-state index in [1.165, 1.54) is 12.1 Å². The Labute approximate surface area is 190 Å². The summed E-state index contributed by atoms with van der Waals surface area (Å²) in [5.41, 5.74) is 2.37. The Balaban J connectivity index is 0.00000245. The van der Waals surface area contributed by atoms with Crippen molar-refractivity contribution in [1.29, 1.82) is 0 Å². The third-order valence-electron chi connectivity index (χ3n) is 5.11. The first-order valence-corrected chi connectivity index (χ1v) is 11.1. The van der Waals surface area contributed by atoms with Crippen LogP contribution in [-0.4, -0.2) is 18.5 Å². The summed E-state index contributed by atoms with van der Waals surface area (Å²) in [7, 11) is -3.82. The van der Waals surface area contributed by atoms with Crippen LogP contribution in [-0.2, 0) is 10.0 Å². The highest BCUT2D eigenvalue weighted by Crippen LogP contribution is 2.32. The molecule has 0 saturated heterocycles. The number of aromatic amines is 1. The lowest BCUT2D eigenvalue weighted by Crippen LogP contribution is -2.19. The minimum atomic E-state index is -3.82. The number of hydrogen-bond donors (Lipinski definition) is 3. The van der Waals surface area contributed by atoms with Crippen LogP contribution in [0.2, 0.25) is 0 Å². The minimum absolute atomic E-state index is 0. The average Bonchev–Trinajstić information content (AvgIpc) is 3.29. The zero-order valence-electron chi connectivity index (χ0n) is 16.9. The van der Waals surface area contributed by atoms with Gasteiger partial charge in [-0.3, -0.25) is 4.72 Å². The Morgan fingerprint density at radius 3 is 2.31 bits per heavy atom. The number of rotatable bonds is 4. The maximum absolute atomic E-state index is 13.0. The topological polar surface area (TPSA) is 107 Å². The highest BCUT2D eigenvalue weighted by molar-refractivity contribution is 7.92. The first-order chi connectivity index (χ1) is 14.9. The van der Waals surface area contributed by atoms with Crippen molar-refractivity contribution in [2.75, 3.05) is 4.72 Å². The number of fused-ring (bicyclic) bond motifs is 2. The van der Waals surface area contributed by atoms with E-state index in [2.05, 4.69) is 19.7 Å². The van der Waals surface area contributed by atoms with Crippen LogP contribution < -0.4 is 15.4 Å². The van der Waals surface area contributed by atoms with E-state index >= 15 is 0 Å². The van der Waals surface area contributed by atoms with Crippen molar-refractivity contribution < 1.29 is 13.5 Å². The number of nitrogens with one attached hydrogen (secondary N) is 2. The largest absolute Gasteiger partial charge is 0.494 e. The van der Waals surface area contributed by atoms with Gasteiger partial charge in [0.2, 0.25) is 0 Å². The molecule has 32 heavy (non-hydrogen) atoms. The molecule has 0 atom stereocenters. The van der Waals surface area contributed by atoms with Crippen molar-refractivity contribution in [2.24, 2.45) is 9.98 Å². The molecule has 0 bridgehead atoms. The predicted molar refractivity (Wildman–Crippen MR) is 126 cm³/mol. The van der Waals surface area contributed by atoms with Crippen LogP contribution in [0.5, 0.6) is 5.88 Å². The molecule has 0 aliphatic carbocycles. The van der Waals surface area contributed by atoms with Crippen LogP contribution >= 0.6 is 12.4 Å². The molecule has 0 amide bonds. The molecule has 162 valence electrons. The normalized spacial score (nSPS) is 12.5. The van der Waals surface area contributed by atoms with E-state index in [-0.39, 0.29) is 23.2 Å². The van der Waals surface area contributed by atoms with Crippen molar-refractivity contribution in [1.82, 2.24) is 4.98 Å². The summed E-state index contributed by atoms with van der Waals surface area (Å²) in [6.07, 6.45) is 1.64. The molecule has 7 nitrogen and oxygen atoms in total. The number of aromatic nitrogens is 1. The van der Waals surface area contributed by atoms with E-state index in [1.807, 2.05) is 43.3 Å². The quantitative estimate of drug-likeness (QED) is 0.427. The van der Waals surface area contributed by atoms with Gasteiger partial charge in [0.1, 0.15) is 0 Å². The summed E-state index contributed by atoms with van der Waals surface area (Å²) < 4.78 is 28.6. The molecule has 0 radical (unpaired) electrons. The molecular weight excluding hydrogens is 448 g/mol. The molecule has 2 heterocycles. The molecule has 1 aromatic heterocycles. The van der Waals surface area contributed by atoms with Crippen molar-refractivity contribution in [3.8, 4) is 5.88 Å².